The predicted molar refractivity (Wildman–Crippen MR) is 108 cm³/mol. The lowest BCUT2D eigenvalue weighted by molar-refractivity contribution is -0.119. The SMILES string of the molecule is C=C(CC(C)NC(C)=O)c1ccc(NC(=O)N2Cc3ccc(F)cc3C2)cc1. The number of nitrogens with one attached hydrogen (secondary N) is 2. The van der Waals surface area contributed by atoms with E-state index in [4.69, 9.17) is 0 Å². The molecule has 5 nitrogen and oxygen atoms in total. The van der Waals surface area contributed by atoms with Crippen molar-refractivity contribution in [1.29, 1.82) is 0 Å². The molecule has 3 amide bonds. The lowest BCUT2D eigenvalue weighted by Gasteiger charge is -2.17. The first-order valence-corrected chi connectivity index (χ1v) is 9.20. The molecule has 3 rings (SSSR count). The van der Waals surface area contributed by atoms with Crippen molar-refractivity contribution in [3.63, 3.8) is 0 Å². The van der Waals surface area contributed by atoms with Crippen LogP contribution in [0.4, 0.5) is 14.9 Å². The Labute approximate surface area is 164 Å². The molecule has 0 bridgehead atoms. The molecule has 0 radical (unpaired) electrons. The predicted octanol–water partition coefficient (Wildman–Crippen LogP) is 4.30. The summed E-state index contributed by atoms with van der Waals surface area (Å²) in [5.74, 6) is -0.352. The number of carbonyl (C=O) groups is 2. The molecule has 1 aliphatic rings. The fourth-order valence-corrected chi connectivity index (χ4v) is 3.38. The molecule has 0 saturated heterocycles. The zero-order valence-corrected chi connectivity index (χ0v) is 16.1. The fourth-order valence-electron chi connectivity index (χ4n) is 3.38. The molecule has 0 aromatic heterocycles. The second-order valence-corrected chi connectivity index (χ2v) is 7.19. The molecule has 1 aliphatic heterocycles. The van der Waals surface area contributed by atoms with Gasteiger partial charge in [0.05, 0.1) is 0 Å². The molecule has 0 fully saturated rings. The molecule has 1 unspecified atom stereocenters. The number of carbonyl (C=O) groups excluding carboxylic acids is 2. The Balaban J connectivity index is 1.56. The second-order valence-electron chi connectivity index (χ2n) is 7.19. The van der Waals surface area contributed by atoms with Gasteiger partial charge in [0.1, 0.15) is 5.82 Å². The van der Waals surface area contributed by atoms with E-state index in [9.17, 15) is 14.0 Å². The molecular weight excluding hydrogens is 357 g/mol. The molecule has 146 valence electrons. The summed E-state index contributed by atoms with van der Waals surface area (Å²) < 4.78 is 13.3. The minimum atomic E-state index is -0.287. The Morgan fingerprint density at radius 3 is 2.50 bits per heavy atom. The molecule has 0 saturated carbocycles. The van der Waals surface area contributed by atoms with Gasteiger partial charge in [0.2, 0.25) is 5.91 Å². The van der Waals surface area contributed by atoms with E-state index in [-0.39, 0.29) is 23.8 Å². The molecule has 0 aliphatic carbocycles. The standard InChI is InChI=1S/C22H24FN3O2/c1-14(10-15(2)24-16(3)27)17-5-8-21(9-6-17)25-22(28)26-12-18-4-7-20(23)11-19(18)13-26/h4-9,11,15H,1,10,12-13H2,2-3H3,(H,24,27)(H,25,28). The normalized spacial score (nSPS) is 13.6. The summed E-state index contributed by atoms with van der Waals surface area (Å²) in [5, 5.41) is 5.71. The van der Waals surface area contributed by atoms with Gasteiger partial charge in [-0.05, 0) is 59.9 Å². The number of hydrogen-bond donors (Lipinski definition) is 2. The van der Waals surface area contributed by atoms with E-state index in [0.717, 1.165) is 22.3 Å². The highest BCUT2D eigenvalue weighted by molar-refractivity contribution is 5.90. The van der Waals surface area contributed by atoms with Crippen LogP contribution in [-0.2, 0) is 17.9 Å². The summed E-state index contributed by atoms with van der Waals surface area (Å²) in [4.78, 5) is 25.3. The third kappa shape index (κ3) is 4.76. The van der Waals surface area contributed by atoms with Crippen molar-refractivity contribution >= 4 is 23.2 Å². The number of hydrogen-bond acceptors (Lipinski definition) is 2. The van der Waals surface area contributed by atoms with E-state index in [1.165, 1.54) is 19.1 Å². The minimum absolute atomic E-state index is 0.00557. The van der Waals surface area contributed by atoms with Gasteiger partial charge in [-0.25, -0.2) is 9.18 Å². The lowest BCUT2D eigenvalue weighted by atomic mass is 10.0. The van der Waals surface area contributed by atoms with Gasteiger partial charge in [-0.3, -0.25) is 4.79 Å². The maximum Gasteiger partial charge on any atom is 0.322 e. The highest BCUT2D eigenvalue weighted by Crippen LogP contribution is 2.25. The molecule has 1 atom stereocenters. The molecule has 6 heteroatoms. The van der Waals surface area contributed by atoms with E-state index in [0.29, 0.717) is 25.2 Å². The van der Waals surface area contributed by atoms with Crippen LogP contribution in [0.3, 0.4) is 0 Å². The Morgan fingerprint density at radius 1 is 1.14 bits per heavy atom. The minimum Gasteiger partial charge on any atom is -0.354 e. The number of urea groups is 1. The summed E-state index contributed by atoms with van der Waals surface area (Å²) in [6, 6.07) is 11.8. The van der Waals surface area contributed by atoms with Crippen LogP contribution < -0.4 is 10.6 Å². The highest BCUT2D eigenvalue weighted by atomic mass is 19.1. The van der Waals surface area contributed by atoms with Crippen molar-refractivity contribution in [2.75, 3.05) is 5.32 Å². The fraction of sp³-hybridized carbons (Fsp3) is 0.273. The van der Waals surface area contributed by atoms with E-state index in [1.807, 2.05) is 31.2 Å². The van der Waals surface area contributed by atoms with Crippen molar-refractivity contribution in [2.45, 2.75) is 39.4 Å². The van der Waals surface area contributed by atoms with E-state index < -0.39 is 0 Å². The smallest absolute Gasteiger partial charge is 0.322 e. The van der Waals surface area contributed by atoms with Crippen LogP contribution in [0, 0.1) is 5.82 Å². The van der Waals surface area contributed by atoms with Crippen LogP contribution >= 0.6 is 0 Å². The van der Waals surface area contributed by atoms with E-state index in [1.54, 1.807) is 11.0 Å². The van der Waals surface area contributed by atoms with Gasteiger partial charge in [-0.1, -0.05) is 24.8 Å². The van der Waals surface area contributed by atoms with Crippen molar-refractivity contribution in [1.82, 2.24) is 10.2 Å². The first-order valence-electron chi connectivity index (χ1n) is 9.20. The highest BCUT2D eigenvalue weighted by Gasteiger charge is 2.23. The number of rotatable bonds is 5. The Morgan fingerprint density at radius 2 is 1.82 bits per heavy atom. The quantitative estimate of drug-likeness (QED) is 0.811. The Hall–Kier alpha value is -3.15. The van der Waals surface area contributed by atoms with E-state index in [2.05, 4.69) is 17.2 Å². The Kier molecular flexibility index (Phi) is 5.78. The summed E-state index contributed by atoms with van der Waals surface area (Å²) in [5.41, 5.74) is 4.36. The van der Waals surface area contributed by atoms with Gasteiger partial charge in [-0.2, -0.15) is 0 Å². The van der Waals surface area contributed by atoms with Gasteiger partial charge in [0.25, 0.3) is 0 Å². The van der Waals surface area contributed by atoms with Crippen molar-refractivity contribution in [3.05, 3.63) is 71.6 Å². The number of amides is 3. The van der Waals surface area contributed by atoms with Gasteiger partial charge in [0, 0.05) is 31.7 Å². The van der Waals surface area contributed by atoms with Crippen LogP contribution in [-0.4, -0.2) is 22.9 Å². The number of benzene rings is 2. The van der Waals surface area contributed by atoms with Gasteiger partial charge >= 0.3 is 6.03 Å². The summed E-state index contributed by atoms with van der Waals surface area (Å²) in [6.45, 7) is 8.37. The van der Waals surface area contributed by atoms with Crippen molar-refractivity contribution in [3.8, 4) is 0 Å². The number of nitrogens with zero attached hydrogens (tertiary/aromatic N) is 1. The second kappa shape index (κ2) is 8.25. The first kappa shape index (κ1) is 19.6. The monoisotopic (exact) mass is 381 g/mol. The molecule has 2 N–H and O–H groups in total. The lowest BCUT2D eigenvalue weighted by Crippen LogP contribution is -2.30. The van der Waals surface area contributed by atoms with Gasteiger partial charge in [0.15, 0.2) is 0 Å². The summed E-state index contributed by atoms with van der Waals surface area (Å²) in [7, 11) is 0. The number of anilines is 1. The zero-order valence-electron chi connectivity index (χ0n) is 16.1. The van der Waals surface area contributed by atoms with Gasteiger partial charge in [-0.15, -0.1) is 0 Å². The summed E-state index contributed by atoms with van der Waals surface area (Å²) >= 11 is 0. The third-order valence-electron chi connectivity index (χ3n) is 4.72. The number of halogens is 1. The largest absolute Gasteiger partial charge is 0.354 e. The molecular formula is C22H24FN3O2. The first-order chi connectivity index (χ1) is 13.3. The zero-order chi connectivity index (χ0) is 20.3. The topological polar surface area (TPSA) is 61.4 Å². The molecule has 28 heavy (non-hydrogen) atoms. The van der Waals surface area contributed by atoms with Crippen LogP contribution in [0.25, 0.3) is 5.57 Å². The Bertz CT molecular complexity index is 908. The number of fused-ring (bicyclic) bond motifs is 1. The van der Waals surface area contributed by atoms with Gasteiger partial charge < -0.3 is 15.5 Å². The van der Waals surface area contributed by atoms with E-state index >= 15 is 0 Å². The molecule has 1 heterocycles. The van der Waals surface area contributed by atoms with Crippen LogP contribution in [0.1, 0.15) is 37.0 Å². The van der Waals surface area contributed by atoms with Crippen LogP contribution in [0.2, 0.25) is 0 Å². The maximum absolute atomic E-state index is 13.3. The van der Waals surface area contributed by atoms with Crippen LogP contribution in [0.15, 0.2) is 49.0 Å². The van der Waals surface area contributed by atoms with Crippen molar-refractivity contribution < 1.29 is 14.0 Å². The molecule has 2 aromatic carbocycles. The summed E-state index contributed by atoms with van der Waals surface area (Å²) in [6.07, 6.45) is 0.647. The average Bonchev–Trinajstić information content (AvgIpc) is 3.04. The third-order valence-corrected chi connectivity index (χ3v) is 4.72. The van der Waals surface area contributed by atoms with Crippen LogP contribution in [0.5, 0.6) is 0 Å². The van der Waals surface area contributed by atoms with Crippen molar-refractivity contribution in [2.24, 2.45) is 0 Å². The molecule has 2 aromatic rings. The maximum atomic E-state index is 13.3. The average molecular weight is 381 g/mol. The molecule has 0 spiro atoms.